The Morgan fingerprint density at radius 2 is 2.31 bits per heavy atom. The van der Waals surface area contributed by atoms with E-state index in [1.807, 2.05) is 5.48 Å². The second kappa shape index (κ2) is 4.25. The zero-order valence-electron chi connectivity index (χ0n) is 6.87. The van der Waals surface area contributed by atoms with E-state index >= 15 is 0 Å². The molecule has 0 heterocycles. The Balaban J connectivity index is 3.13. The molecule has 0 saturated heterocycles. The fraction of sp³-hybridized carbons (Fsp3) is 0.125. The van der Waals surface area contributed by atoms with Crippen molar-refractivity contribution in [2.24, 2.45) is 0 Å². The van der Waals surface area contributed by atoms with Crippen LogP contribution in [-0.2, 0) is 4.74 Å². The lowest BCUT2D eigenvalue weighted by molar-refractivity contribution is 0.0601. The largest absolute Gasteiger partial charge is 0.465 e. The topological polar surface area (TPSA) is 58.6 Å². The van der Waals surface area contributed by atoms with E-state index in [0.29, 0.717) is 5.69 Å². The number of hydrogen-bond acceptors (Lipinski definition) is 4. The van der Waals surface area contributed by atoms with Crippen LogP contribution < -0.4 is 5.48 Å². The number of rotatable bonds is 2. The molecular formula is C8H8BrNO3. The van der Waals surface area contributed by atoms with Gasteiger partial charge in [0.05, 0.1) is 18.4 Å². The summed E-state index contributed by atoms with van der Waals surface area (Å²) in [5, 5.41) is 8.71. The molecule has 2 N–H and O–H groups in total. The number of ether oxygens (including phenoxy) is 1. The van der Waals surface area contributed by atoms with E-state index in [4.69, 9.17) is 5.21 Å². The third kappa shape index (κ3) is 2.19. The zero-order chi connectivity index (χ0) is 9.84. The minimum absolute atomic E-state index is 0.285. The van der Waals surface area contributed by atoms with Crippen LogP contribution in [-0.4, -0.2) is 18.3 Å². The van der Waals surface area contributed by atoms with E-state index in [1.54, 1.807) is 18.2 Å². The average molecular weight is 246 g/mol. The summed E-state index contributed by atoms with van der Waals surface area (Å²) in [5.74, 6) is -0.496. The minimum atomic E-state index is -0.496. The van der Waals surface area contributed by atoms with Gasteiger partial charge in [-0.25, -0.2) is 4.79 Å². The Morgan fingerprint density at radius 1 is 1.62 bits per heavy atom. The van der Waals surface area contributed by atoms with Gasteiger partial charge in [-0.2, -0.15) is 0 Å². The van der Waals surface area contributed by atoms with Gasteiger partial charge in [0.2, 0.25) is 0 Å². The monoisotopic (exact) mass is 245 g/mol. The van der Waals surface area contributed by atoms with Crippen molar-refractivity contribution in [3.05, 3.63) is 28.2 Å². The molecule has 1 aromatic rings. The van der Waals surface area contributed by atoms with Crippen molar-refractivity contribution in [2.75, 3.05) is 12.6 Å². The van der Waals surface area contributed by atoms with Gasteiger partial charge >= 0.3 is 5.97 Å². The summed E-state index contributed by atoms with van der Waals surface area (Å²) in [7, 11) is 1.28. The number of benzene rings is 1. The molecule has 0 aromatic heterocycles. The molecule has 0 atom stereocenters. The SMILES string of the molecule is COC(=O)c1ccc(Br)cc1NO. The molecule has 0 aliphatic rings. The summed E-state index contributed by atoms with van der Waals surface area (Å²) in [4.78, 5) is 11.1. The van der Waals surface area contributed by atoms with Crippen LogP contribution in [0.5, 0.6) is 0 Å². The highest BCUT2D eigenvalue weighted by atomic mass is 79.9. The molecule has 0 unspecified atom stereocenters. The van der Waals surface area contributed by atoms with E-state index in [-0.39, 0.29) is 5.56 Å². The molecule has 0 spiro atoms. The van der Waals surface area contributed by atoms with Gasteiger partial charge < -0.3 is 4.74 Å². The Hall–Kier alpha value is -1.07. The number of carbonyl (C=O) groups is 1. The van der Waals surface area contributed by atoms with Gasteiger partial charge in [-0.3, -0.25) is 10.7 Å². The first-order valence-electron chi connectivity index (χ1n) is 3.47. The molecule has 0 aliphatic carbocycles. The molecule has 0 bridgehead atoms. The summed E-state index contributed by atoms with van der Waals surface area (Å²) in [6, 6.07) is 4.81. The van der Waals surface area contributed by atoms with Gasteiger partial charge in [0.15, 0.2) is 0 Å². The Labute approximate surface area is 83.6 Å². The summed E-state index contributed by atoms with van der Waals surface area (Å²) in [6.45, 7) is 0. The highest BCUT2D eigenvalue weighted by molar-refractivity contribution is 9.10. The normalized spacial score (nSPS) is 9.46. The van der Waals surface area contributed by atoms with Gasteiger partial charge in [-0.15, -0.1) is 0 Å². The standard InChI is InChI=1S/C8H8BrNO3/c1-13-8(11)6-3-2-5(9)4-7(6)10-12/h2-4,10,12H,1H3. The summed E-state index contributed by atoms with van der Waals surface area (Å²) >= 11 is 3.20. The van der Waals surface area contributed by atoms with Gasteiger partial charge in [0.1, 0.15) is 0 Å². The van der Waals surface area contributed by atoms with Crippen molar-refractivity contribution >= 4 is 27.6 Å². The van der Waals surface area contributed by atoms with Crippen molar-refractivity contribution in [1.82, 2.24) is 0 Å². The highest BCUT2D eigenvalue weighted by Gasteiger charge is 2.10. The maximum absolute atomic E-state index is 11.1. The van der Waals surface area contributed by atoms with E-state index < -0.39 is 5.97 Å². The summed E-state index contributed by atoms with van der Waals surface area (Å²) in [5.41, 5.74) is 2.51. The lowest BCUT2D eigenvalue weighted by Crippen LogP contribution is -2.05. The number of hydrogen-bond donors (Lipinski definition) is 2. The van der Waals surface area contributed by atoms with Crippen molar-refractivity contribution in [2.45, 2.75) is 0 Å². The molecule has 0 saturated carbocycles. The second-order valence-corrected chi connectivity index (χ2v) is 3.21. The van der Waals surface area contributed by atoms with Crippen LogP contribution in [0.3, 0.4) is 0 Å². The average Bonchev–Trinajstić information content (AvgIpc) is 2.16. The van der Waals surface area contributed by atoms with E-state index in [9.17, 15) is 4.79 Å². The summed E-state index contributed by atoms with van der Waals surface area (Å²) in [6.07, 6.45) is 0. The van der Waals surface area contributed by atoms with Crippen LogP contribution in [0.4, 0.5) is 5.69 Å². The van der Waals surface area contributed by atoms with Crippen LogP contribution in [0.1, 0.15) is 10.4 Å². The molecular weight excluding hydrogens is 238 g/mol. The molecule has 0 aliphatic heterocycles. The lowest BCUT2D eigenvalue weighted by Gasteiger charge is -2.05. The smallest absolute Gasteiger partial charge is 0.340 e. The molecule has 13 heavy (non-hydrogen) atoms. The van der Waals surface area contributed by atoms with Crippen molar-refractivity contribution in [3.8, 4) is 0 Å². The third-order valence-corrected chi connectivity index (χ3v) is 2.00. The quantitative estimate of drug-likeness (QED) is 0.619. The Kier molecular flexibility index (Phi) is 3.27. The maximum atomic E-state index is 11.1. The molecule has 70 valence electrons. The second-order valence-electron chi connectivity index (χ2n) is 2.29. The Bertz CT molecular complexity index is 327. The predicted molar refractivity (Wildman–Crippen MR) is 50.9 cm³/mol. The number of carbonyl (C=O) groups excluding carboxylic acids is 1. The van der Waals surface area contributed by atoms with Gasteiger partial charge in [0.25, 0.3) is 0 Å². The van der Waals surface area contributed by atoms with Crippen LogP contribution in [0, 0.1) is 0 Å². The number of anilines is 1. The van der Waals surface area contributed by atoms with E-state index in [0.717, 1.165) is 4.47 Å². The number of methoxy groups -OCH3 is 1. The fourth-order valence-corrected chi connectivity index (χ4v) is 1.26. The number of halogens is 1. The van der Waals surface area contributed by atoms with Crippen LogP contribution >= 0.6 is 15.9 Å². The minimum Gasteiger partial charge on any atom is -0.465 e. The first kappa shape index (κ1) is 10.0. The highest BCUT2D eigenvalue weighted by Crippen LogP contribution is 2.21. The van der Waals surface area contributed by atoms with Crippen molar-refractivity contribution in [1.29, 1.82) is 0 Å². The number of nitrogens with one attached hydrogen (secondary N) is 1. The third-order valence-electron chi connectivity index (χ3n) is 1.51. The fourth-order valence-electron chi connectivity index (χ4n) is 0.897. The molecule has 0 radical (unpaired) electrons. The lowest BCUT2D eigenvalue weighted by atomic mass is 10.2. The van der Waals surface area contributed by atoms with Crippen molar-refractivity contribution < 1.29 is 14.7 Å². The molecule has 5 heteroatoms. The first-order chi connectivity index (χ1) is 6.19. The maximum Gasteiger partial charge on any atom is 0.340 e. The molecule has 0 amide bonds. The van der Waals surface area contributed by atoms with E-state index in [2.05, 4.69) is 20.7 Å². The molecule has 1 aromatic carbocycles. The van der Waals surface area contributed by atoms with Crippen LogP contribution in [0.2, 0.25) is 0 Å². The summed E-state index contributed by atoms with van der Waals surface area (Å²) < 4.78 is 5.27. The van der Waals surface area contributed by atoms with Gasteiger partial charge in [0, 0.05) is 4.47 Å². The molecule has 4 nitrogen and oxygen atoms in total. The van der Waals surface area contributed by atoms with E-state index in [1.165, 1.54) is 7.11 Å². The van der Waals surface area contributed by atoms with Crippen LogP contribution in [0.15, 0.2) is 22.7 Å². The van der Waals surface area contributed by atoms with Crippen molar-refractivity contribution in [3.63, 3.8) is 0 Å². The zero-order valence-corrected chi connectivity index (χ0v) is 8.46. The molecule has 1 rings (SSSR count). The van der Waals surface area contributed by atoms with Gasteiger partial charge in [-0.05, 0) is 18.2 Å². The Morgan fingerprint density at radius 3 is 2.85 bits per heavy atom. The first-order valence-corrected chi connectivity index (χ1v) is 4.26. The van der Waals surface area contributed by atoms with Gasteiger partial charge in [-0.1, -0.05) is 15.9 Å². The van der Waals surface area contributed by atoms with Crippen LogP contribution in [0.25, 0.3) is 0 Å². The number of esters is 1. The molecule has 0 fully saturated rings. The predicted octanol–water partition coefficient (Wildman–Crippen LogP) is 2.04.